The fourth-order valence-electron chi connectivity index (χ4n) is 1.61. The number of anilines is 3. The molecule has 88 valence electrons. The number of nitrogens with zero attached hydrogens (tertiary/aromatic N) is 3. The molecule has 0 saturated heterocycles. The van der Waals surface area contributed by atoms with Gasteiger partial charge in [-0.15, -0.1) is 0 Å². The maximum atomic E-state index is 12.9. The molecule has 0 unspecified atom stereocenters. The Morgan fingerprint density at radius 3 is 2.53 bits per heavy atom. The van der Waals surface area contributed by atoms with E-state index in [0.717, 1.165) is 5.69 Å². The third-order valence-corrected chi connectivity index (χ3v) is 2.40. The first-order valence-corrected chi connectivity index (χ1v) is 5.31. The summed E-state index contributed by atoms with van der Waals surface area (Å²) in [5.41, 5.74) is 6.48. The molecule has 0 radical (unpaired) electrons. The van der Waals surface area contributed by atoms with Gasteiger partial charge in [-0.2, -0.15) is 0 Å². The SMILES string of the molecule is CCN(c1ccc(F)cc1)c1cc(N)ncn1. The summed E-state index contributed by atoms with van der Waals surface area (Å²) in [6.45, 7) is 2.70. The maximum Gasteiger partial charge on any atom is 0.138 e. The van der Waals surface area contributed by atoms with E-state index in [-0.39, 0.29) is 5.82 Å². The lowest BCUT2D eigenvalue weighted by molar-refractivity contribution is 0.628. The summed E-state index contributed by atoms with van der Waals surface area (Å²) >= 11 is 0. The first-order chi connectivity index (χ1) is 8.20. The van der Waals surface area contributed by atoms with Gasteiger partial charge in [-0.25, -0.2) is 14.4 Å². The van der Waals surface area contributed by atoms with E-state index in [9.17, 15) is 4.39 Å². The van der Waals surface area contributed by atoms with Crippen LogP contribution in [-0.4, -0.2) is 16.5 Å². The minimum Gasteiger partial charge on any atom is -0.384 e. The van der Waals surface area contributed by atoms with Gasteiger partial charge in [0.25, 0.3) is 0 Å². The molecule has 0 aliphatic heterocycles. The standard InChI is InChI=1S/C12H13FN4/c1-2-17(10-5-3-9(13)4-6-10)12-7-11(14)15-8-16-12/h3-8H,2H2,1H3,(H2,14,15,16). The minimum absolute atomic E-state index is 0.257. The van der Waals surface area contributed by atoms with E-state index in [1.165, 1.54) is 18.5 Å². The summed E-state index contributed by atoms with van der Waals surface area (Å²) in [4.78, 5) is 9.92. The Hall–Kier alpha value is -2.17. The van der Waals surface area contributed by atoms with Crippen LogP contribution in [0.5, 0.6) is 0 Å². The molecule has 0 fully saturated rings. The van der Waals surface area contributed by atoms with Gasteiger partial charge in [0.1, 0.15) is 23.8 Å². The van der Waals surface area contributed by atoms with Crippen molar-refractivity contribution in [3.8, 4) is 0 Å². The van der Waals surface area contributed by atoms with Crippen LogP contribution in [0.3, 0.4) is 0 Å². The number of benzene rings is 1. The Kier molecular flexibility index (Phi) is 3.18. The van der Waals surface area contributed by atoms with Crippen molar-refractivity contribution in [1.82, 2.24) is 9.97 Å². The predicted octanol–water partition coefficient (Wildman–Crippen LogP) is 2.36. The minimum atomic E-state index is -0.257. The van der Waals surface area contributed by atoms with Crippen molar-refractivity contribution in [3.63, 3.8) is 0 Å². The van der Waals surface area contributed by atoms with Crippen molar-refractivity contribution in [3.05, 3.63) is 42.5 Å². The third-order valence-electron chi connectivity index (χ3n) is 2.40. The second-order valence-electron chi connectivity index (χ2n) is 3.52. The van der Waals surface area contributed by atoms with Gasteiger partial charge in [0.15, 0.2) is 0 Å². The zero-order valence-electron chi connectivity index (χ0n) is 9.47. The Morgan fingerprint density at radius 1 is 1.24 bits per heavy atom. The van der Waals surface area contributed by atoms with Gasteiger partial charge in [0, 0.05) is 18.3 Å². The lowest BCUT2D eigenvalue weighted by Crippen LogP contribution is -2.17. The average Bonchev–Trinajstić information content (AvgIpc) is 2.33. The molecule has 0 amide bonds. The number of nitrogens with two attached hydrogens (primary N) is 1. The second-order valence-corrected chi connectivity index (χ2v) is 3.52. The van der Waals surface area contributed by atoms with E-state index in [0.29, 0.717) is 18.2 Å². The van der Waals surface area contributed by atoms with Crippen molar-refractivity contribution in [2.75, 3.05) is 17.2 Å². The number of rotatable bonds is 3. The van der Waals surface area contributed by atoms with Gasteiger partial charge in [0.05, 0.1) is 0 Å². The number of halogens is 1. The van der Waals surface area contributed by atoms with Crippen LogP contribution in [0, 0.1) is 5.82 Å². The highest BCUT2D eigenvalue weighted by atomic mass is 19.1. The maximum absolute atomic E-state index is 12.9. The molecule has 17 heavy (non-hydrogen) atoms. The zero-order chi connectivity index (χ0) is 12.3. The smallest absolute Gasteiger partial charge is 0.138 e. The van der Waals surface area contributed by atoms with Crippen LogP contribution in [0.15, 0.2) is 36.7 Å². The number of hydrogen-bond acceptors (Lipinski definition) is 4. The fraction of sp³-hybridized carbons (Fsp3) is 0.167. The molecular formula is C12H13FN4. The summed E-state index contributed by atoms with van der Waals surface area (Å²) < 4.78 is 12.9. The van der Waals surface area contributed by atoms with Crippen LogP contribution in [0.1, 0.15) is 6.92 Å². The molecule has 2 rings (SSSR count). The summed E-state index contributed by atoms with van der Waals surface area (Å²) in [6.07, 6.45) is 1.41. The van der Waals surface area contributed by atoms with Crippen molar-refractivity contribution in [1.29, 1.82) is 0 Å². The van der Waals surface area contributed by atoms with E-state index in [1.54, 1.807) is 18.2 Å². The van der Waals surface area contributed by atoms with Gasteiger partial charge in [-0.3, -0.25) is 0 Å². The lowest BCUT2D eigenvalue weighted by atomic mass is 10.2. The fourth-order valence-corrected chi connectivity index (χ4v) is 1.61. The van der Waals surface area contributed by atoms with Crippen LogP contribution >= 0.6 is 0 Å². The zero-order valence-corrected chi connectivity index (χ0v) is 9.47. The molecule has 0 atom stereocenters. The summed E-state index contributed by atoms with van der Waals surface area (Å²) in [6, 6.07) is 7.94. The highest BCUT2D eigenvalue weighted by Crippen LogP contribution is 2.23. The van der Waals surface area contributed by atoms with Crippen LogP contribution in [0.4, 0.5) is 21.7 Å². The molecule has 1 aromatic heterocycles. The topological polar surface area (TPSA) is 55.0 Å². The lowest BCUT2D eigenvalue weighted by Gasteiger charge is -2.21. The largest absolute Gasteiger partial charge is 0.384 e. The quantitative estimate of drug-likeness (QED) is 0.882. The van der Waals surface area contributed by atoms with Crippen LogP contribution < -0.4 is 10.6 Å². The van der Waals surface area contributed by atoms with Gasteiger partial charge >= 0.3 is 0 Å². The summed E-state index contributed by atoms with van der Waals surface area (Å²) in [7, 11) is 0. The third kappa shape index (κ3) is 2.50. The molecule has 0 bridgehead atoms. The molecule has 5 heteroatoms. The predicted molar refractivity (Wildman–Crippen MR) is 65.5 cm³/mol. The molecule has 2 N–H and O–H groups in total. The Balaban J connectivity index is 2.36. The highest BCUT2D eigenvalue weighted by Gasteiger charge is 2.08. The Morgan fingerprint density at radius 2 is 1.94 bits per heavy atom. The summed E-state index contributed by atoms with van der Waals surface area (Å²) in [5, 5.41) is 0. The Bertz CT molecular complexity index is 498. The number of hydrogen-bond donors (Lipinski definition) is 1. The van der Waals surface area contributed by atoms with Gasteiger partial charge in [-0.1, -0.05) is 0 Å². The molecule has 4 nitrogen and oxygen atoms in total. The molecule has 1 heterocycles. The van der Waals surface area contributed by atoms with Crippen molar-refractivity contribution < 1.29 is 4.39 Å². The molecule has 0 aliphatic carbocycles. The molecule has 0 saturated carbocycles. The van der Waals surface area contributed by atoms with E-state index < -0.39 is 0 Å². The molecule has 1 aromatic carbocycles. The van der Waals surface area contributed by atoms with Crippen molar-refractivity contribution in [2.45, 2.75) is 6.92 Å². The first-order valence-electron chi connectivity index (χ1n) is 5.31. The van der Waals surface area contributed by atoms with E-state index in [4.69, 9.17) is 5.73 Å². The van der Waals surface area contributed by atoms with Gasteiger partial charge in [-0.05, 0) is 31.2 Å². The highest BCUT2D eigenvalue weighted by molar-refractivity contribution is 5.61. The van der Waals surface area contributed by atoms with E-state index in [1.807, 2.05) is 11.8 Å². The van der Waals surface area contributed by atoms with E-state index in [2.05, 4.69) is 9.97 Å². The molecule has 2 aromatic rings. The van der Waals surface area contributed by atoms with Crippen molar-refractivity contribution >= 4 is 17.3 Å². The Labute approximate surface area is 98.9 Å². The number of aromatic nitrogens is 2. The first kappa shape index (κ1) is 11.3. The second kappa shape index (κ2) is 4.78. The van der Waals surface area contributed by atoms with Gasteiger partial charge in [0.2, 0.25) is 0 Å². The molecule has 0 spiro atoms. The molecular weight excluding hydrogens is 219 g/mol. The number of nitrogen functional groups attached to an aromatic ring is 1. The van der Waals surface area contributed by atoms with Crippen LogP contribution in [0.25, 0.3) is 0 Å². The monoisotopic (exact) mass is 232 g/mol. The normalized spacial score (nSPS) is 10.2. The average molecular weight is 232 g/mol. The summed E-state index contributed by atoms with van der Waals surface area (Å²) in [5.74, 6) is 0.856. The van der Waals surface area contributed by atoms with Crippen molar-refractivity contribution in [2.24, 2.45) is 0 Å². The van der Waals surface area contributed by atoms with Gasteiger partial charge < -0.3 is 10.6 Å². The van der Waals surface area contributed by atoms with Crippen LogP contribution in [-0.2, 0) is 0 Å². The van der Waals surface area contributed by atoms with Crippen LogP contribution in [0.2, 0.25) is 0 Å². The molecule has 0 aliphatic rings. The van der Waals surface area contributed by atoms with E-state index >= 15 is 0 Å².